The molecule has 2 aromatic rings. The van der Waals surface area contributed by atoms with Crippen LogP contribution in [0.5, 0.6) is 17.2 Å². The SMILES string of the molecule is CCCOc1ccc(C(O)=C2C(=O)C(=O)N(CCCN(C)C)[C@H]2c2ccc(OC)c(OC)c2)c(C)c1. The number of carbonyl (C=O) groups excluding carboxylic acids is 2. The second kappa shape index (κ2) is 11.9. The molecule has 1 saturated heterocycles. The number of ether oxygens (including phenoxy) is 3. The first-order valence-electron chi connectivity index (χ1n) is 12.1. The third kappa shape index (κ3) is 5.65. The highest BCUT2D eigenvalue weighted by Gasteiger charge is 2.46. The smallest absolute Gasteiger partial charge is 0.295 e. The summed E-state index contributed by atoms with van der Waals surface area (Å²) in [6.45, 7) is 5.56. The summed E-state index contributed by atoms with van der Waals surface area (Å²) in [4.78, 5) is 30.1. The Morgan fingerprint density at radius 3 is 2.39 bits per heavy atom. The van der Waals surface area contributed by atoms with Crippen LogP contribution in [0.4, 0.5) is 0 Å². The molecule has 0 saturated carbocycles. The van der Waals surface area contributed by atoms with Crippen LogP contribution in [0, 0.1) is 6.92 Å². The largest absolute Gasteiger partial charge is 0.507 e. The molecule has 0 bridgehead atoms. The van der Waals surface area contributed by atoms with Gasteiger partial charge in [-0.15, -0.1) is 0 Å². The molecule has 0 radical (unpaired) electrons. The first-order valence-corrected chi connectivity index (χ1v) is 12.1. The quantitative estimate of drug-likeness (QED) is 0.284. The summed E-state index contributed by atoms with van der Waals surface area (Å²) in [5.41, 5.74) is 1.93. The molecule has 1 amide bonds. The Morgan fingerprint density at radius 1 is 1.06 bits per heavy atom. The maximum Gasteiger partial charge on any atom is 0.295 e. The van der Waals surface area contributed by atoms with E-state index in [-0.39, 0.29) is 11.3 Å². The van der Waals surface area contributed by atoms with Crippen LogP contribution in [-0.4, -0.2) is 74.6 Å². The van der Waals surface area contributed by atoms with Crippen molar-refractivity contribution >= 4 is 17.4 Å². The number of carbonyl (C=O) groups is 2. The van der Waals surface area contributed by atoms with Crippen molar-refractivity contribution in [2.24, 2.45) is 0 Å². The highest BCUT2D eigenvalue weighted by atomic mass is 16.5. The van der Waals surface area contributed by atoms with Crippen LogP contribution in [0.15, 0.2) is 42.0 Å². The number of nitrogens with zero attached hydrogens (tertiary/aromatic N) is 2. The summed E-state index contributed by atoms with van der Waals surface area (Å²) in [5, 5.41) is 11.4. The minimum atomic E-state index is -0.762. The molecule has 36 heavy (non-hydrogen) atoms. The van der Waals surface area contributed by atoms with Gasteiger partial charge in [-0.25, -0.2) is 0 Å². The van der Waals surface area contributed by atoms with Crippen LogP contribution in [0.25, 0.3) is 5.76 Å². The van der Waals surface area contributed by atoms with Gasteiger partial charge in [-0.05, 0) is 81.9 Å². The monoisotopic (exact) mass is 496 g/mol. The van der Waals surface area contributed by atoms with Gasteiger partial charge in [0, 0.05) is 12.1 Å². The van der Waals surface area contributed by atoms with Crippen LogP contribution in [0.1, 0.15) is 42.5 Å². The minimum absolute atomic E-state index is 0.0578. The van der Waals surface area contributed by atoms with Crippen molar-refractivity contribution in [3.05, 3.63) is 58.7 Å². The fourth-order valence-electron chi connectivity index (χ4n) is 4.39. The van der Waals surface area contributed by atoms with Crippen molar-refractivity contribution in [1.82, 2.24) is 9.80 Å². The Hall–Kier alpha value is -3.52. The van der Waals surface area contributed by atoms with E-state index in [0.717, 1.165) is 18.5 Å². The molecule has 0 aromatic heterocycles. The summed E-state index contributed by atoms with van der Waals surface area (Å²) < 4.78 is 16.5. The molecule has 1 aliphatic heterocycles. The van der Waals surface area contributed by atoms with E-state index in [2.05, 4.69) is 0 Å². The first kappa shape index (κ1) is 27.1. The number of aliphatic hydroxyl groups is 1. The average molecular weight is 497 g/mol. The van der Waals surface area contributed by atoms with Gasteiger partial charge in [-0.2, -0.15) is 0 Å². The summed E-state index contributed by atoms with van der Waals surface area (Å²) >= 11 is 0. The summed E-state index contributed by atoms with van der Waals surface area (Å²) in [5.74, 6) is 0.152. The van der Waals surface area contributed by atoms with Gasteiger partial charge >= 0.3 is 0 Å². The number of likely N-dealkylation sites (tertiary alicyclic amines) is 1. The molecule has 1 heterocycles. The zero-order valence-electron chi connectivity index (χ0n) is 22.0. The van der Waals surface area contributed by atoms with Gasteiger partial charge in [0.25, 0.3) is 11.7 Å². The highest BCUT2D eigenvalue weighted by molar-refractivity contribution is 6.46. The molecule has 194 valence electrons. The molecule has 0 spiro atoms. The second-order valence-corrected chi connectivity index (χ2v) is 9.09. The second-order valence-electron chi connectivity index (χ2n) is 9.09. The van der Waals surface area contributed by atoms with Crippen LogP contribution in [0.3, 0.4) is 0 Å². The summed E-state index contributed by atoms with van der Waals surface area (Å²) in [6, 6.07) is 9.82. The zero-order chi connectivity index (χ0) is 26.4. The standard InChI is InChI=1S/C28H36N2O6/c1-7-15-36-20-10-11-21(18(2)16-20)26(31)24-25(19-9-12-22(34-5)23(17-19)35-6)30(28(33)27(24)32)14-8-13-29(3)4/h9-12,16-17,25,31H,7-8,13-15H2,1-6H3/t25-/m0/s1. The summed E-state index contributed by atoms with van der Waals surface area (Å²) in [6.07, 6.45) is 1.55. The normalized spacial score (nSPS) is 17.1. The fraction of sp³-hybridized carbons (Fsp3) is 0.429. The summed E-state index contributed by atoms with van der Waals surface area (Å²) in [7, 11) is 6.98. The lowest BCUT2D eigenvalue weighted by Crippen LogP contribution is -2.32. The Bertz CT molecular complexity index is 1140. The van der Waals surface area contributed by atoms with Gasteiger partial charge in [-0.3, -0.25) is 9.59 Å². The maximum atomic E-state index is 13.3. The number of Topliss-reactive ketones (excluding diaryl/α,β-unsaturated/α-hetero) is 1. The van der Waals surface area contributed by atoms with E-state index >= 15 is 0 Å². The first-order chi connectivity index (χ1) is 17.2. The number of aryl methyl sites for hydroxylation is 1. The lowest BCUT2D eigenvalue weighted by atomic mass is 9.93. The molecule has 0 aliphatic carbocycles. The Balaban J connectivity index is 2.13. The van der Waals surface area contributed by atoms with Crippen LogP contribution < -0.4 is 14.2 Å². The van der Waals surface area contributed by atoms with Crippen molar-refractivity contribution in [3.63, 3.8) is 0 Å². The lowest BCUT2D eigenvalue weighted by Gasteiger charge is -2.26. The van der Waals surface area contributed by atoms with E-state index in [4.69, 9.17) is 14.2 Å². The number of hydrogen-bond acceptors (Lipinski definition) is 7. The predicted molar refractivity (Wildman–Crippen MR) is 139 cm³/mol. The molecular weight excluding hydrogens is 460 g/mol. The van der Waals surface area contributed by atoms with Crippen molar-refractivity contribution in [2.45, 2.75) is 32.7 Å². The maximum absolute atomic E-state index is 13.3. The van der Waals surface area contributed by atoms with E-state index < -0.39 is 17.7 Å². The third-order valence-corrected chi connectivity index (χ3v) is 6.19. The lowest BCUT2D eigenvalue weighted by molar-refractivity contribution is -0.139. The number of hydrogen-bond donors (Lipinski definition) is 1. The van der Waals surface area contributed by atoms with E-state index in [9.17, 15) is 14.7 Å². The fourth-order valence-corrected chi connectivity index (χ4v) is 4.39. The van der Waals surface area contributed by atoms with Gasteiger partial charge < -0.3 is 29.1 Å². The number of amides is 1. The molecule has 1 aliphatic rings. The van der Waals surface area contributed by atoms with Gasteiger partial charge in [0.05, 0.1) is 32.4 Å². The number of ketones is 1. The third-order valence-electron chi connectivity index (χ3n) is 6.19. The van der Waals surface area contributed by atoms with E-state index in [1.807, 2.05) is 38.9 Å². The number of methoxy groups -OCH3 is 2. The van der Waals surface area contributed by atoms with Crippen LogP contribution in [0.2, 0.25) is 0 Å². The van der Waals surface area contributed by atoms with Gasteiger partial charge in [0.1, 0.15) is 11.5 Å². The average Bonchev–Trinajstić information content (AvgIpc) is 3.11. The molecule has 8 nitrogen and oxygen atoms in total. The Labute approximate surface area is 213 Å². The van der Waals surface area contributed by atoms with Crippen molar-refractivity contribution in [3.8, 4) is 17.2 Å². The molecule has 1 N–H and O–H groups in total. The zero-order valence-corrected chi connectivity index (χ0v) is 22.0. The van der Waals surface area contributed by atoms with E-state index in [1.54, 1.807) is 37.4 Å². The molecule has 1 atom stereocenters. The predicted octanol–water partition coefficient (Wildman–Crippen LogP) is 4.17. The van der Waals surface area contributed by atoms with Crippen LogP contribution in [-0.2, 0) is 9.59 Å². The highest BCUT2D eigenvalue weighted by Crippen LogP contribution is 2.42. The van der Waals surface area contributed by atoms with Crippen LogP contribution >= 0.6 is 0 Å². The molecule has 0 unspecified atom stereocenters. The topological polar surface area (TPSA) is 88.5 Å². The Morgan fingerprint density at radius 2 is 1.78 bits per heavy atom. The Kier molecular flexibility index (Phi) is 8.98. The van der Waals surface area contributed by atoms with Crippen molar-refractivity contribution < 1.29 is 28.9 Å². The number of aliphatic hydroxyl groups excluding tert-OH is 1. The molecule has 3 rings (SSSR count). The molecule has 8 heteroatoms. The molecule has 1 fully saturated rings. The van der Waals surface area contributed by atoms with Gasteiger partial charge in [0.2, 0.25) is 0 Å². The van der Waals surface area contributed by atoms with Gasteiger partial charge in [0.15, 0.2) is 11.5 Å². The van der Waals surface area contributed by atoms with E-state index in [1.165, 1.54) is 12.0 Å². The number of rotatable bonds is 11. The minimum Gasteiger partial charge on any atom is -0.507 e. The van der Waals surface area contributed by atoms with E-state index in [0.29, 0.717) is 47.9 Å². The molecular formula is C28H36N2O6. The van der Waals surface area contributed by atoms with Crippen molar-refractivity contribution in [2.75, 3.05) is 48.0 Å². The van der Waals surface area contributed by atoms with Gasteiger partial charge in [-0.1, -0.05) is 13.0 Å². The van der Waals surface area contributed by atoms with Crippen molar-refractivity contribution in [1.29, 1.82) is 0 Å². The number of benzene rings is 2. The molecule has 2 aromatic carbocycles.